The van der Waals surface area contributed by atoms with E-state index in [1.54, 1.807) is 12.1 Å². The molecule has 1 rings (SSSR count). The maximum absolute atomic E-state index is 11.9. The minimum atomic E-state index is -1.82. The lowest BCUT2D eigenvalue weighted by atomic mass is 9.95. The van der Waals surface area contributed by atoms with E-state index in [2.05, 4.69) is 30.4 Å². The molecule has 1 aromatic heterocycles. The molecule has 104 valence electrons. The lowest BCUT2D eigenvalue weighted by molar-refractivity contribution is -0.184. The third-order valence-electron chi connectivity index (χ3n) is 2.62. The van der Waals surface area contributed by atoms with Gasteiger partial charge in [0.25, 0.3) is 5.60 Å². The first kappa shape index (κ1) is 15.6. The van der Waals surface area contributed by atoms with Gasteiger partial charge >= 0.3 is 11.9 Å². The monoisotopic (exact) mass is 331 g/mol. The maximum Gasteiger partial charge on any atom is 0.350 e. The summed E-state index contributed by atoms with van der Waals surface area (Å²) in [4.78, 5) is 27.7. The van der Waals surface area contributed by atoms with Gasteiger partial charge in [0.2, 0.25) is 0 Å². The minimum absolute atomic E-state index is 0.0247. The average molecular weight is 332 g/mol. The van der Waals surface area contributed by atoms with Gasteiger partial charge in [-0.1, -0.05) is 6.07 Å². The number of esters is 2. The van der Waals surface area contributed by atoms with E-state index in [4.69, 9.17) is 4.74 Å². The van der Waals surface area contributed by atoms with Crippen molar-refractivity contribution in [3.63, 3.8) is 0 Å². The molecule has 0 aliphatic carbocycles. The Morgan fingerprint density at radius 1 is 1.21 bits per heavy atom. The summed E-state index contributed by atoms with van der Waals surface area (Å²) in [5, 5.41) is 0. The van der Waals surface area contributed by atoms with Gasteiger partial charge in [-0.15, -0.1) is 0 Å². The van der Waals surface area contributed by atoms with Crippen LogP contribution in [0, 0.1) is 0 Å². The number of rotatable bonds is 5. The number of halogens is 1. The second-order valence-corrected chi connectivity index (χ2v) is 4.49. The zero-order valence-corrected chi connectivity index (χ0v) is 12.4. The van der Waals surface area contributed by atoms with E-state index in [1.165, 1.54) is 27.5 Å². The summed E-state index contributed by atoms with van der Waals surface area (Å²) in [7, 11) is 3.61. The Labute approximate surface area is 119 Å². The van der Waals surface area contributed by atoms with Gasteiger partial charge in [0.1, 0.15) is 4.60 Å². The summed E-state index contributed by atoms with van der Waals surface area (Å²) in [5.74, 6) is -1.63. The maximum atomic E-state index is 11.9. The lowest BCUT2D eigenvalue weighted by Crippen LogP contribution is -2.51. The van der Waals surface area contributed by atoms with Crippen molar-refractivity contribution in [3.05, 3.63) is 28.5 Å². The molecule has 0 N–H and O–H groups in total. The zero-order valence-electron chi connectivity index (χ0n) is 10.8. The number of hydrogen-bond acceptors (Lipinski definition) is 6. The highest BCUT2D eigenvalue weighted by Gasteiger charge is 2.49. The summed E-state index contributed by atoms with van der Waals surface area (Å²) >= 11 is 3.20. The molecule has 6 nitrogen and oxygen atoms in total. The quantitative estimate of drug-likeness (QED) is 0.457. The Morgan fingerprint density at radius 2 is 1.79 bits per heavy atom. The molecular formula is C12H14BrNO5. The molecule has 0 aliphatic heterocycles. The van der Waals surface area contributed by atoms with Gasteiger partial charge < -0.3 is 14.2 Å². The topological polar surface area (TPSA) is 74.7 Å². The van der Waals surface area contributed by atoms with Crippen LogP contribution in [0.25, 0.3) is 0 Å². The second-order valence-electron chi connectivity index (χ2n) is 3.68. The van der Waals surface area contributed by atoms with Crippen LogP contribution in [0.3, 0.4) is 0 Å². The fraction of sp³-hybridized carbons (Fsp3) is 0.417. The molecule has 0 radical (unpaired) electrons. The van der Waals surface area contributed by atoms with Crippen molar-refractivity contribution in [2.24, 2.45) is 0 Å². The van der Waals surface area contributed by atoms with Crippen LogP contribution in [-0.4, -0.2) is 43.9 Å². The smallest absolute Gasteiger partial charge is 0.350 e. The number of pyridine rings is 1. The first-order valence-corrected chi connectivity index (χ1v) is 6.12. The van der Waals surface area contributed by atoms with E-state index in [1.807, 2.05) is 0 Å². The molecule has 0 unspecified atom stereocenters. The number of methoxy groups -OCH3 is 3. The summed E-state index contributed by atoms with van der Waals surface area (Å²) < 4.78 is 15.0. The lowest BCUT2D eigenvalue weighted by Gasteiger charge is -2.26. The van der Waals surface area contributed by atoms with E-state index in [-0.39, 0.29) is 6.42 Å². The summed E-state index contributed by atoms with van der Waals surface area (Å²) in [6.07, 6.45) is 1.51. The zero-order chi connectivity index (χ0) is 14.5. The van der Waals surface area contributed by atoms with Gasteiger partial charge in [0, 0.05) is 19.7 Å². The molecule has 0 aliphatic rings. The van der Waals surface area contributed by atoms with Crippen molar-refractivity contribution in [2.45, 2.75) is 12.0 Å². The van der Waals surface area contributed by atoms with E-state index >= 15 is 0 Å². The van der Waals surface area contributed by atoms with Gasteiger partial charge in [-0.25, -0.2) is 14.6 Å². The van der Waals surface area contributed by atoms with Crippen LogP contribution >= 0.6 is 15.9 Å². The molecule has 1 aromatic rings. The molecule has 0 amide bonds. The molecule has 0 aromatic carbocycles. The van der Waals surface area contributed by atoms with Crippen LogP contribution < -0.4 is 0 Å². The average Bonchev–Trinajstić information content (AvgIpc) is 2.45. The van der Waals surface area contributed by atoms with Crippen molar-refractivity contribution >= 4 is 27.9 Å². The predicted molar refractivity (Wildman–Crippen MR) is 69.4 cm³/mol. The predicted octanol–water partition coefficient (Wildman–Crippen LogP) is 1.12. The first-order chi connectivity index (χ1) is 9.00. The van der Waals surface area contributed by atoms with Gasteiger partial charge in [0.05, 0.1) is 14.2 Å². The number of carbonyl (C=O) groups is 2. The van der Waals surface area contributed by atoms with Crippen LogP contribution in [0.2, 0.25) is 0 Å². The summed E-state index contributed by atoms with van der Waals surface area (Å²) in [6, 6.07) is 3.42. The van der Waals surface area contributed by atoms with Gasteiger partial charge in [-0.2, -0.15) is 0 Å². The molecule has 0 atom stereocenters. The minimum Gasteiger partial charge on any atom is -0.466 e. The Kier molecular flexibility index (Phi) is 5.44. The van der Waals surface area contributed by atoms with E-state index in [0.717, 1.165) is 0 Å². The molecule has 0 saturated heterocycles. The highest BCUT2D eigenvalue weighted by atomic mass is 79.9. The normalized spacial score (nSPS) is 10.9. The number of hydrogen-bond donors (Lipinski definition) is 0. The van der Waals surface area contributed by atoms with Crippen LogP contribution in [0.15, 0.2) is 22.9 Å². The van der Waals surface area contributed by atoms with Crippen LogP contribution in [0.4, 0.5) is 0 Å². The number of carbonyl (C=O) groups excluding carboxylic acids is 2. The van der Waals surface area contributed by atoms with Crippen LogP contribution in [-0.2, 0) is 30.2 Å². The van der Waals surface area contributed by atoms with Gasteiger partial charge in [0.15, 0.2) is 0 Å². The first-order valence-electron chi connectivity index (χ1n) is 5.32. The van der Waals surface area contributed by atoms with Crippen LogP contribution in [0.5, 0.6) is 0 Å². The van der Waals surface area contributed by atoms with Gasteiger partial charge in [-0.3, -0.25) is 0 Å². The van der Waals surface area contributed by atoms with Crippen molar-refractivity contribution in [1.29, 1.82) is 0 Å². The van der Waals surface area contributed by atoms with E-state index < -0.39 is 17.5 Å². The SMILES string of the molecule is COC(=O)C(Cc1ccc(Br)nc1)(OC)C(=O)OC. The highest BCUT2D eigenvalue weighted by molar-refractivity contribution is 9.10. The second kappa shape index (κ2) is 6.63. The highest BCUT2D eigenvalue weighted by Crippen LogP contribution is 2.21. The summed E-state index contributed by atoms with van der Waals surface area (Å²) in [6.45, 7) is 0. The largest absolute Gasteiger partial charge is 0.466 e. The summed E-state index contributed by atoms with van der Waals surface area (Å²) in [5.41, 5.74) is -1.18. The van der Waals surface area contributed by atoms with Crippen molar-refractivity contribution < 1.29 is 23.8 Å². The molecule has 0 saturated carbocycles. The van der Waals surface area contributed by atoms with E-state index in [9.17, 15) is 9.59 Å². The third kappa shape index (κ3) is 3.30. The molecular weight excluding hydrogens is 318 g/mol. The fourth-order valence-corrected chi connectivity index (χ4v) is 1.83. The number of nitrogens with zero attached hydrogens (tertiary/aromatic N) is 1. The molecule has 0 fully saturated rings. The molecule has 0 spiro atoms. The third-order valence-corrected chi connectivity index (χ3v) is 3.09. The fourth-order valence-electron chi connectivity index (χ4n) is 1.59. The Hall–Kier alpha value is -1.47. The molecule has 1 heterocycles. The van der Waals surface area contributed by atoms with Gasteiger partial charge in [-0.05, 0) is 27.6 Å². The Morgan fingerprint density at radius 3 is 2.16 bits per heavy atom. The van der Waals surface area contributed by atoms with Crippen LogP contribution in [0.1, 0.15) is 5.56 Å². The van der Waals surface area contributed by atoms with Crippen molar-refractivity contribution in [2.75, 3.05) is 21.3 Å². The Bertz CT molecular complexity index is 444. The van der Waals surface area contributed by atoms with Crippen molar-refractivity contribution in [1.82, 2.24) is 4.98 Å². The number of ether oxygens (including phenoxy) is 3. The Balaban J connectivity index is 3.13. The molecule has 19 heavy (non-hydrogen) atoms. The molecule has 0 bridgehead atoms. The molecule has 7 heteroatoms. The van der Waals surface area contributed by atoms with E-state index in [0.29, 0.717) is 10.2 Å². The standard InChI is InChI=1S/C12H14BrNO5/c1-17-10(15)12(19-3,11(16)18-2)6-8-4-5-9(13)14-7-8/h4-5,7H,6H2,1-3H3. The number of aromatic nitrogens is 1. The van der Waals surface area contributed by atoms with Crippen molar-refractivity contribution in [3.8, 4) is 0 Å².